The third-order valence-corrected chi connectivity index (χ3v) is 4.49. The molecule has 0 atom stereocenters. The summed E-state index contributed by atoms with van der Waals surface area (Å²) in [5.41, 5.74) is 2.42. The highest BCUT2D eigenvalue weighted by atomic mass is 32.2. The lowest BCUT2D eigenvalue weighted by atomic mass is 10.0. The number of nitrogens with zero attached hydrogens (tertiary/aromatic N) is 1. The van der Waals surface area contributed by atoms with E-state index >= 15 is 0 Å². The van der Waals surface area contributed by atoms with Crippen molar-refractivity contribution < 1.29 is 9.90 Å². The lowest BCUT2D eigenvalue weighted by Gasteiger charge is -2.19. The molecule has 3 nitrogen and oxygen atoms in total. The first-order valence-corrected chi connectivity index (χ1v) is 8.59. The minimum absolute atomic E-state index is 0.310. The summed E-state index contributed by atoms with van der Waals surface area (Å²) < 4.78 is 2.21. The Morgan fingerprint density at radius 1 is 0.957 bits per heavy atom. The molecular weight excluding hydrogens is 306 g/mol. The van der Waals surface area contributed by atoms with Gasteiger partial charge in [-0.1, -0.05) is 38.1 Å². The van der Waals surface area contributed by atoms with E-state index in [9.17, 15) is 4.79 Å². The normalized spacial score (nSPS) is 10.4. The Morgan fingerprint density at radius 2 is 1.39 bits per heavy atom. The van der Waals surface area contributed by atoms with E-state index in [1.165, 1.54) is 4.90 Å². The number of hydrogen-bond acceptors (Lipinski definition) is 3. The van der Waals surface area contributed by atoms with E-state index < -0.39 is 5.97 Å². The molecule has 0 aliphatic carbocycles. The lowest BCUT2D eigenvalue weighted by Crippen LogP contribution is -2.18. The minimum atomic E-state index is -0.898. The van der Waals surface area contributed by atoms with Gasteiger partial charge in [-0.3, -0.25) is 0 Å². The van der Waals surface area contributed by atoms with Crippen molar-refractivity contribution in [3.63, 3.8) is 0 Å². The smallest absolute Gasteiger partial charge is 0.335 e. The van der Waals surface area contributed by atoms with Crippen LogP contribution >= 0.6 is 11.9 Å². The largest absolute Gasteiger partial charge is 0.478 e. The first-order valence-electron chi connectivity index (χ1n) is 7.82. The quantitative estimate of drug-likeness (QED) is 0.742. The van der Waals surface area contributed by atoms with Gasteiger partial charge in [0, 0.05) is 10.9 Å². The van der Waals surface area contributed by atoms with E-state index in [2.05, 4.69) is 49.5 Å². The topological polar surface area (TPSA) is 40.5 Å². The monoisotopic (exact) mass is 331 g/mol. The minimum Gasteiger partial charge on any atom is -0.478 e. The van der Waals surface area contributed by atoms with Crippen molar-refractivity contribution in [3.05, 3.63) is 54.1 Å². The molecule has 4 heteroatoms. The predicted octanol–water partition coefficient (Wildman–Crippen LogP) is 5.43. The standard InChI is InChI=1S/C17H19NO2S.C2H6/c1-12(2)18(3)21-16-10-8-14(9-11-16)13-4-6-15(7-5-13)17(19)20;1-2/h4-12H,1-3H3,(H,19,20);1-2H3. The van der Waals surface area contributed by atoms with Crippen molar-refractivity contribution in [2.24, 2.45) is 0 Å². The number of carboxylic acids is 1. The van der Waals surface area contributed by atoms with Crippen LogP contribution in [0.5, 0.6) is 0 Å². The Hall–Kier alpha value is -1.78. The fourth-order valence-corrected chi connectivity index (χ4v) is 2.59. The van der Waals surface area contributed by atoms with E-state index in [0.29, 0.717) is 11.6 Å². The third-order valence-electron chi connectivity index (χ3n) is 3.30. The highest BCUT2D eigenvalue weighted by Gasteiger charge is 2.06. The molecule has 2 aromatic rings. The number of rotatable bonds is 5. The van der Waals surface area contributed by atoms with Gasteiger partial charge in [-0.05, 0) is 68.2 Å². The molecule has 0 fully saturated rings. The first kappa shape index (κ1) is 19.3. The summed E-state index contributed by atoms with van der Waals surface area (Å²) >= 11 is 1.72. The number of hydrogen-bond donors (Lipinski definition) is 1. The molecule has 0 amide bonds. The molecule has 0 aliphatic rings. The van der Waals surface area contributed by atoms with E-state index in [1.54, 1.807) is 24.1 Å². The summed E-state index contributed by atoms with van der Waals surface area (Å²) in [5, 5.41) is 8.90. The lowest BCUT2D eigenvalue weighted by molar-refractivity contribution is 0.0697. The van der Waals surface area contributed by atoms with Crippen molar-refractivity contribution in [2.45, 2.75) is 38.6 Å². The molecule has 0 radical (unpaired) electrons. The molecule has 1 N–H and O–H groups in total. The fraction of sp³-hybridized carbons (Fsp3) is 0.316. The highest BCUT2D eigenvalue weighted by Crippen LogP contribution is 2.26. The van der Waals surface area contributed by atoms with E-state index in [-0.39, 0.29) is 0 Å². The van der Waals surface area contributed by atoms with Crippen LogP contribution in [-0.4, -0.2) is 28.5 Å². The summed E-state index contributed by atoms with van der Waals surface area (Å²) in [7, 11) is 2.08. The van der Waals surface area contributed by atoms with Crippen LogP contribution in [0.3, 0.4) is 0 Å². The Balaban J connectivity index is 0.00000127. The average molecular weight is 331 g/mol. The van der Waals surface area contributed by atoms with E-state index in [4.69, 9.17) is 5.11 Å². The van der Waals surface area contributed by atoms with Gasteiger partial charge in [0.05, 0.1) is 5.56 Å². The second kappa shape index (κ2) is 9.38. The summed E-state index contributed by atoms with van der Waals surface area (Å²) in [6, 6.07) is 15.7. The van der Waals surface area contributed by atoms with Crippen LogP contribution in [0.4, 0.5) is 0 Å². The second-order valence-electron chi connectivity index (χ2n) is 5.14. The summed E-state index contributed by atoms with van der Waals surface area (Å²) in [5.74, 6) is -0.898. The van der Waals surface area contributed by atoms with Crippen molar-refractivity contribution >= 4 is 17.9 Å². The molecule has 0 aliphatic heterocycles. The van der Waals surface area contributed by atoms with Crippen molar-refractivity contribution in [3.8, 4) is 11.1 Å². The van der Waals surface area contributed by atoms with Crippen LogP contribution in [0.1, 0.15) is 38.1 Å². The SMILES string of the molecule is CC.CC(C)N(C)Sc1ccc(-c2ccc(C(=O)O)cc2)cc1. The molecule has 0 saturated carbocycles. The Labute approximate surface area is 143 Å². The molecule has 0 aromatic heterocycles. The maximum atomic E-state index is 10.8. The molecule has 23 heavy (non-hydrogen) atoms. The van der Waals surface area contributed by atoms with Crippen LogP contribution in [0.2, 0.25) is 0 Å². The number of carbonyl (C=O) groups is 1. The molecular formula is C19H25NO2S. The molecule has 0 unspecified atom stereocenters. The van der Waals surface area contributed by atoms with Gasteiger partial charge >= 0.3 is 5.97 Å². The van der Waals surface area contributed by atoms with E-state index in [1.807, 2.05) is 26.0 Å². The molecule has 0 saturated heterocycles. The average Bonchev–Trinajstić information content (AvgIpc) is 2.57. The molecule has 124 valence electrons. The first-order chi connectivity index (χ1) is 11.0. The Kier molecular flexibility index (Phi) is 7.86. The zero-order chi connectivity index (χ0) is 17.4. The van der Waals surface area contributed by atoms with Gasteiger partial charge in [0.15, 0.2) is 0 Å². The van der Waals surface area contributed by atoms with Crippen molar-refractivity contribution in [1.82, 2.24) is 4.31 Å². The van der Waals surface area contributed by atoms with Gasteiger partial charge in [0.1, 0.15) is 0 Å². The highest BCUT2D eigenvalue weighted by molar-refractivity contribution is 7.97. The third kappa shape index (κ3) is 5.73. The molecule has 0 spiro atoms. The van der Waals surface area contributed by atoms with Gasteiger partial charge in [0.25, 0.3) is 0 Å². The molecule has 2 rings (SSSR count). The molecule has 0 heterocycles. The van der Waals surface area contributed by atoms with Gasteiger partial charge in [-0.2, -0.15) is 0 Å². The Bertz CT molecular complexity index is 606. The van der Waals surface area contributed by atoms with Crippen LogP contribution in [-0.2, 0) is 0 Å². The zero-order valence-corrected chi connectivity index (χ0v) is 15.2. The Morgan fingerprint density at radius 3 is 1.78 bits per heavy atom. The number of carboxylic acid groups (broad SMARTS) is 1. The van der Waals surface area contributed by atoms with Crippen molar-refractivity contribution in [1.29, 1.82) is 0 Å². The van der Waals surface area contributed by atoms with Gasteiger partial charge in [0.2, 0.25) is 0 Å². The summed E-state index contributed by atoms with van der Waals surface area (Å²) in [6.07, 6.45) is 0. The van der Waals surface area contributed by atoms with Crippen molar-refractivity contribution in [2.75, 3.05) is 7.05 Å². The number of benzene rings is 2. The van der Waals surface area contributed by atoms with Crippen LogP contribution in [0.15, 0.2) is 53.4 Å². The van der Waals surface area contributed by atoms with Crippen LogP contribution in [0, 0.1) is 0 Å². The van der Waals surface area contributed by atoms with Crippen LogP contribution in [0.25, 0.3) is 11.1 Å². The van der Waals surface area contributed by atoms with Gasteiger partial charge in [-0.15, -0.1) is 0 Å². The van der Waals surface area contributed by atoms with E-state index in [0.717, 1.165) is 11.1 Å². The second-order valence-corrected chi connectivity index (χ2v) is 6.37. The number of aromatic carboxylic acids is 1. The fourth-order valence-electron chi connectivity index (χ4n) is 1.79. The zero-order valence-electron chi connectivity index (χ0n) is 14.4. The summed E-state index contributed by atoms with van der Waals surface area (Å²) in [4.78, 5) is 12.0. The predicted molar refractivity (Wildman–Crippen MR) is 98.9 cm³/mol. The molecule has 0 bridgehead atoms. The molecule has 2 aromatic carbocycles. The van der Waals surface area contributed by atoms with Gasteiger partial charge < -0.3 is 5.11 Å². The van der Waals surface area contributed by atoms with Gasteiger partial charge in [-0.25, -0.2) is 9.10 Å². The maximum Gasteiger partial charge on any atom is 0.335 e. The maximum absolute atomic E-state index is 10.8. The summed E-state index contributed by atoms with van der Waals surface area (Å²) in [6.45, 7) is 8.32. The van der Waals surface area contributed by atoms with Crippen LogP contribution < -0.4 is 0 Å².